The van der Waals surface area contributed by atoms with Crippen LogP contribution in [-0.4, -0.2) is 0 Å². The average Bonchev–Trinajstić information content (AvgIpc) is 2.61. The predicted octanol–water partition coefficient (Wildman–Crippen LogP) is 6.36. The average molecular weight is 411 g/mol. The van der Waals surface area contributed by atoms with Gasteiger partial charge in [0.05, 0.1) is 11.1 Å². The Bertz CT molecular complexity index is 949. The zero-order valence-electron chi connectivity index (χ0n) is 14.7. The largest absolute Gasteiger partial charge is 0.418 e. The molecule has 29 heavy (non-hydrogen) atoms. The third kappa shape index (κ3) is 4.23. The zero-order chi connectivity index (χ0) is 21.4. The number of para-hydroxylation sites is 1. The van der Waals surface area contributed by atoms with Crippen molar-refractivity contribution in [2.75, 3.05) is 16.4 Å². The number of rotatable bonds is 3. The SMILES string of the molecule is Nc1cc(N(c2ccccc2)c2ccc(C(F)(F)F)c(N)c2)ccc1C(F)(F)F. The van der Waals surface area contributed by atoms with E-state index in [0.29, 0.717) is 5.69 Å². The van der Waals surface area contributed by atoms with Crippen molar-refractivity contribution < 1.29 is 26.3 Å². The molecule has 3 aromatic rings. The quantitative estimate of drug-likeness (QED) is 0.390. The molecule has 152 valence electrons. The van der Waals surface area contributed by atoms with E-state index >= 15 is 0 Å². The van der Waals surface area contributed by atoms with Crippen LogP contribution in [0, 0.1) is 0 Å². The maximum absolute atomic E-state index is 13.0. The summed E-state index contributed by atoms with van der Waals surface area (Å²) in [4.78, 5) is 1.47. The number of nitrogens with two attached hydrogens (primary N) is 2. The Morgan fingerprint density at radius 1 is 0.552 bits per heavy atom. The van der Waals surface area contributed by atoms with E-state index in [-0.39, 0.29) is 11.4 Å². The van der Waals surface area contributed by atoms with Gasteiger partial charge in [-0.15, -0.1) is 0 Å². The van der Waals surface area contributed by atoms with Crippen LogP contribution in [0.5, 0.6) is 0 Å². The van der Waals surface area contributed by atoms with Crippen LogP contribution >= 0.6 is 0 Å². The van der Waals surface area contributed by atoms with Gasteiger partial charge in [0.1, 0.15) is 0 Å². The highest BCUT2D eigenvalue weighted by Crippen LogP contribution is 2.42. The third-order valence-electron chi connectivity index (χ3n) is 4.21. The van der Waals surface area contributed by atoms with E-state index in [4.69, 9.17) is 11.5 Å². The minimum absolute atomic E-state index is 0.237. The summed E-state index contributed by atoms with van der Waals surface area (Å²) in [6, 6.07) is 14.7. The standard InChI is InChI=1S/C20H15F6N3/c21-19(22,23)15-8-6-13(10-17(15)27)29(12-4-2-1-3-5-12)14-7-9-16(18(28)11-14)20(24,25)26/h1-11H,27-28H2. The maximum Gasteiger partial charge on any atom is 0.418 e. The molecule has 0 amide bonds. The van der Waals surface area contributed by atoms with Crippen molar-refractivity contribution in [1.29, 1.82) is 0 Å². The molecule has 0 saturated carbocycles. The van der Waals surface area contributed by atoms with E-state index in [0.717, 1.165) is 24.3 Å². The normalized spacial score (nSPS) is 12.1. The van der Waals surface area contributed by atoms with Gasteiger partial charge in [-0.25, -0.2) is 0 Å². The molecule has 0 aliphatic heterocycles. The van der Waals surface area contributed by atoms with Gasteiger partial charge in [0.15, 0.2) is 0 Å². The molecule has 3 aromatic carbocycles. The van der Waals surface area contributed by atoms with Gasteiger partial charge in [-0.3, -0.25) is 0 Å². The second-order valence-electron chi connectivity index (χ2n) is 6.21. The lowest BCUT2D eigenvalue weighted by Gasteiger charge is -2.27. The molecule has 0 radical (unpaired) electrons. The van der Waals surface area contributed by atoms with E-state index in [1.165, 1.54) is 17.0 Å². The first kappa shape index (κ1) is 20.4. The number of alkyl halides is 6. The van der Waals surface area contributed by atoms with E-state index in [9.17, 15) is 26.3 Å². The number of benzene rings is 3. The van der Waals surface area contributed by atoms with E-state index in [2.05, 4.69) is 0 Å². The van der Waals surface area contributed by atoms with Crippen molar-refractivity contribution >= 4 is 28.4 Å². The Kier molecular flexibility index (Phi) is 5.08. The number of nitrogen functional groups attached to an aromatic ring is 2. The summed E-state index contributed by atoms with van der Waals surface area (Å²) in [7, 11) is 0. The van der Waals surface area contributed by atoms with Gasteiger partial charge in [-0.1, -0.05) is 18.2 Å². The van der Waals surface area contributed by atoms with Crippen LogP contribution in [0.2, 0.25) is 0 Å². The molecule has 0 fully saturated rings. The Labute approximate surface area is 162 Å². The first-order valence-corrected chi connectivity index (χ1v) is 8.27. The highest BCUT2D eigenvalue weighted by atomic mass is 19.4. The minimum Gasteiger partial charge on any atom is -0.398 e. The highest BCUT2D eigenvalue weighted by Gasteiger charge is 2.34. The Morgan fingerprint density at radius 2 is 0.966 bits per heavy atom. The lowest BCUT2D eigenvalue weighted by atomic mass is 10.1. The van der Waals surface area contributed by atoms with Crippen LogP contribution < -0.4 is 16.4 Å². The molecule has 4 N–H and O–H groups in total. The van der Waals surface area contributed by atoms with Crippen LogP contribution in [0.1, 0.15) is 11.1 Å². The molecule has 0 spiro atoms. The summed E-state index contributed by atoms with van der Waals surface area (Å²) < 4.78 is 78.1. The van der Waals surface area contributed by atoms with Crippen molar-refractivity contribution in [1.82, 2.24) is 0 Å². The molecular weight excluding hydrogens is 396 g/mol. The highest BCUT2D eigenvalue weighted by molar-refractivity contribution is 5.80. The summed E-state index contributed by atoms with van der Waals surface area (Å²) in [6.45, 7) is 0. The Morgan fingerprint density at radius 3 is 1.31 bits per heavy atom. The minimum atomic E-state index is -4.63. The van der Waals surface area contributed by atoms with Gasteiger partial charge in [0.25, 0.3) is 0 Å². The maximum atomic E-state index is 13.0. The van der Waals surface area contributed by atoms with Gasteiger partial charge in [-0.2, -0.15) is 26.3 Å². The number of nitrogens with zero attached hydrogens (tertiary/aromatic N) is 1. The molecule has 0 atom stereocenters. The Hall–Kier alpha value is -3.36. The molecule has 3 rings (SSSR count). The van der Waals surface area contributed by atoms with Gasteiger partial charge < -0.3 is 16.4 Å². The van der Waals surface area contributed by atoms with Crippen LogP contribution in [0.25, 0.3) is 0 Å². The first-order valence-electron chi connectivity index (χ1n) is 8.27. The Balaban J connectivity index is 2.15. The first-order chi connectivity index (χ1) is 13.5. The van der Waals surface area contributed by atoms with Crippen LogP contribution in [0.4, 0.5) is 54.8 Å². The second-order valence-corrected chi connectivity index (χ2v) is 6.21. The summed E-state index contributed by atoms with van der Waals surface area (Å²) in [5.74, 6) is 0. The molecule has 0 heterocycles. The number of hydrogen-bond acceptors (Lipinski definition) is 3. The van der Waals surface area contributed by atoms with E-state index < -0.39 is 34.9 Å². The van der Waals surface area contributed by atoms with Gasteiger partial charge in [0, 0.05) is 28.4 Å². The molecule has 0 aliphatic carbocycles. The molecule has 0 unspecified atom stereocenters. The predicted molar refractivity (Wildman–Crippen MR) is 100.0 cm³/mol. The monoisotopic (exact) mass is 411 g/mol. The molecule has 0 saturated heterocycles. The van der Waals surface area contributed by atoms with Gasteiger partial charge in [-0.05, 0) is 48.5 Å². The lowest BCUT2D eigenvalue weighted by molar-refractivity contribution is -0.137. The molecule has 3 nitrogen and oxygen atoms in total. The van der Waals surface area contributed by atoms with Crippen molar-refractivity contribution in [2.24, 2.45) is 0 Å². The zero-order valence-corrected chi connectivity index (χ0v) is 14.7. The lowest BCUT2D eigenvalue weighted by Crippen LogP contribution is -2.14. The van der Waals surface area contributed by atoms with E-state index in [1.54, 1.807) is 30.3 Å². The molecule has 9 heteroatoms. The van der Waals surface area contributed by atoms with E-state index in [1.807, 2.05) is 0 Å². The number of anilines is 5. The summed E-state index contributed by atoms with van der Waals surface area (Å²) in [5.41, 5.74) is 9.16. The molecule has 0 aromatic heterocycles. The summed E-state index contributed by atoms with van der Waals surface area (Å²) >= 11 is 0. The van der Waals surface area contributed by atoms with Crippen molar-refractivity contribution in [3.63, 3.8) is 0 Å². The van der Waals surface area contributed by atoms with Crippen molar-refractivity contribution in [3.05, 3.63) is 77.9 Å². The number of halogens is 6. The van der Waals surface area contributed by atoms with Gasteiger partial charge >= 0.3 is 12.4 Å². The van der Waals surface area contributed by atoms with Crippen LogP contribution in [0.3, 0.4) is 0 Å². The topological polar surface area (TPSA) is 55.3 Å². The molecule has 0 bridgehead atoms. The summed E-state index contributed by atoms with van der Waals surface area (Å²) in [6.07, 6.45) is -9.25. The third-order valence-corrected chi connectivity index (χ3v) is 4.21. The van der Waals surface area contributed by atoms with Crippen LogP contribution in [-0.2, 0) is 12.4 Å². The molecule has 0 aliphatic rings. The van der Waals surface area contributed by atoms with Crippen LogP contribution in [0.15, 0.2) is 66.7 Å². The fourth-order valence-corrected chi connectivity index (χ4v) is 2.92. The second kappa shape index (κ2) is 7.23. The van der Waals surface area contributed by atoms with Gasteiger partial charge in [0.2, 0.25) is 0 Å². The fraction of sp³-hybridized carbons (Fsp3) is 0.100. The van der Waals surface area contributed by atoms with Crippen molar-refractivity contribution in [2.45, 2.75) is 12.4 Å². The fourth-order valence-electron chi connectivity index (χ4n) is 2.92. The summed E-state index contributed by atoms with van der Waals surface area (Å²) in [5, 5.41) is 0. The molecular formula is C20H15F6N3. The number of hydrogen-bond donors (Lipinski definition) is 2. The van der Waals surface area contributed by atoms with Crippen molar-refractivity contribution in [3.8, 4) is 0 Å². The smallest absolute Gasteiger partial charge is 0.398 e.